The lowest BCUT2D eigenvalue weighted by Crippen LogP contribution is -2.46. The highest BCUT2D eigenvalue weighted by molar-refractivity contribution is 6.33. The van der Waals surface area contributed by atoms with Gasteiger partial charge in [-0.2, -0.15) is 0 Å². The summed E-state index contributed by atoms with van der Waals surface area (Å²) in [5.41, 5.74) is 1.47. The molecule has 2 aromatic carbocycles. The van der Waals surface area contributed by atoms with Crippen LogP contribution in [0.5, 0.6) is 5.75 Å². The fourth-order valence-corrected chi connectivity index (χ4v) is 3.46. The van der Waals surface area contributed by atoms with Gasteiger partial charge in [-0.05, 0) is 42.7 Å². The van der Waals surface area contributed by atoms with E-state index in [1.54, 1.807) is 24.1 Å². The van der Waals surface area contributed by atoms with E-state index in [-0.39, 0.29) is 17.9 Å². The van der Waals surface area contributed by atoms with Crippen LogP contribution in [0, 0.1) is 0 Å². The highest BCUT2D eigenvalue weighted by atomic mass is 35.5. The quantitative estimate of drug-likeness (QED) is 0.857. The first-order valence-corrected chi connectivity index (χ1v) is 9.40. The second-order valence-corrected chi connectivity index (χ2v) is 7.05. The van der Waals surface area contributed by atoms with Gasteiger partial charge in [0, 0.05) is 19.1 Å². The van der Waals surface area contributed by atoms with Gasteiger partial charge in [0.15, 0.2) is 0 Å². The van der Waals surface area contributed by atoms with Crippen LogP contribution < -0.4 is 10.1 Å². The molecule has 27 heavy (non-hydrogen) atoms. The fraction of sp³-hybridized carbons (Fsp3) is 0.333. The Hall–Kier alpha value is -2.53. The van der Waals surface area contributed by atoms with Crippen LogP contribution in [0.4, 0.5) is 0 Å². The van der Waals surface area contributed by atoms with Crippen molar-refractivity contribution in [1.29, 1.82) is 0 Å². The van der Waals surface area contributed by atoms with Crippen molar-refractivity contribution in [3.63, 3.8) is 0 Å². The summed E-state index contributed by atoms with van der Waals surface area (Å²) in [7, 11) is 1.62. The number of hydrogen-bond acceptors (Lipinski definition) is 3. The minimum atomic E-state index is -0.0522. The molecular formula is C21H23ClN2O3. The molecule has 0 aliphatic carbocycles. The van der Waals surface area contributed by atoms with Gasteiger partial charge in [0.25, 0.3) is 5.91 Å². The molecule has 6 heteroatoms. The van der Waals surface area contributed by atoms with E-state index in [1.165, 1.54) is 0 Å². The van der Waals surface area contributed by atoms with Crippen molar-refractivity contribution in [2.24, 2.45) is 0 Å². The molecule has 0 saturated carbocycles. The first-order valence-electron chi connectivity index (χ1n) is 9.03. The number of nitrogens with one attached hydrogen (secondary N) is 1. The Bertz CT molecular complexity index is 799. The van der Waals surface area contributed by atoms with Crippen molar-refractivity contribution in [2.45, 2.75) is 25.3 Å². The SMILES string of the molecule is COc1ccc(CC(=O)NC2CCN(C(=O)c3ccccc3Cl)CC2)cc1. The number of nitrogens with zero attached hydrogens (tertiary/aromatic N) is 1. The third-order valence-corrected chi connectivity index (χ3v) is 5.10. The Labute approximate surface area is 164 Å². The van der Waals surface area contributed by atoms with Crippen molar-refractivity contribution in [3.05, 3.63) is 64.7 Å². The number of amides is 2. The predicted octanol–water partition coefficient (Wildman–Crippen LogP) is 3.31. The Morgan fingerprint density at radius 1 is 1.11 bits per heavy atom. The molecule has 0 atom stereocenters. The molecule has 2 amide bonds. The van der Waals surface area contributed by atoms with Gasteiger partial charge in [-0.15, -0.1) is 0 Å². The molecule has 2 aromatic rings. The molecule has 1 N–H and O–H groups in total. The summed E-state index contributed by atoms with van der Waals surface area (Å²) < 4.78 is 5.12. The Kier molecular flexibility index (Phi) is 6.35. The van der Waals surface area contributed by atoms with Gasteiger partial charge in [0.1, 0.15) is 5.75 Å². The molecule has 0 spiro atoms. The second-order valence-electron chi connectivity index (χ2n) is 6.64. The lowest BCUT2D eigenvalue weighted by molar-refractivity contribution is -0.121. The summed E-state index contributed by atoms with van der Waals surface area (Å²) in [6.45, 7) is 1.22. The third kappa shape index (κ3) is 5.01. The molecule has 0 bridgehead atoms. The van der Waals surface area contributed by atoms with Crippen LogP contribution in [0.3, 0.4) is 0 Å². The second kappa shape index (κ2) is 8.91. The van der Waals surface area contributed by atoms with Crippen molar-refractivity contribution in [3.8, 4) is 5.75 Å². The smallest absolute Gasteiger partial charge is 0.255 e. The summed E-state index contributed by atoms with van der Waals surface area (Å²) in [6, 6.07) is 14.7. The summed E-state index contributed by atoms with van der Waals surface area (Å²) >= 11 is 6.12. The van der Waals surface area contributed by atoms with E-state index in [4.69, 9.17) is 16.3 Å². The summed E-state index contributed by atoms with van der Waals surface area (Å²) in [5, 5.41) is 3.54. The van der Waals surface area contributed by atoms with Crippen LogP contribution in [0.25, 0.3) is 0 Å². The maximum atomic E-state index is 12.6. The lowest BCUT2D eigenvalue weighted by atomic mass is 10.0. The highest BCUT2D eigenvalue weighted by Gasteiger charge is 2.25. The minimum absolute atomic E-state index is 0.00366. The van der Waals surface area contributed by atoms with Gasteiger partial charge >= 0.3 is 0 Å². The average molecular weight is 387 g/mol. The Morgan fingerprint density at radius 2 is 1.78 bits per heavy atom. The zero-order valence-corrected chi connectivity index (χ0v) is 16.0. The maximum absolute atomic E-state index is 12.6. The molecule has 1 fully saturated rings. The van der Waals surface area contributed by atoms with Crippen LogP contribution in [-0.4, -0.2) is 43.0 Å². The van der Waals surface area contributed by atoms with Crippen molar-refractivity contribution >= 4 is 23.4 Å². The number of ether oxygens (including phenoxy) is 1. The molecule has 5 nitrogen and oxygen atoms in total. The third-order valence-electron chi connectivity index (χ3n) is 4.78. The zero-order valence-electron chi connectivity index (χ0n) is 15.3. The number of carbonyl (C=O) groups excluding carboxylic acids is 2. The zero-order chi connectivity index (χ0) is 19.2. The average Bonchev–Trinajstić information content (AvgIpc) is 2.69. The molecule has 3 rings (SSSR count). The van der Waals surface area contributed by atoms with Gasteiger partial charge in [-0.3, -0.25) is 9.59 Å². The van der Waals surface area contributed by atoms with E-state index < -0.39 is 0 Å². The molecule has 0 radical (unpaired) electrons. The van der Waals surface area contributed by atoms with Gasteiger partial charge < -0.3 is 15.0 Å². The Balaban J connectivity index is 1.48. The first-order chi connectivity index (χ1) is 13.1. The van der Waals surface area contributed by atoms with E-state index in [1.807, 2.05) is 36.4 Å². The van der Waals surface area contributed by atoms with Gasteiger partial charge in [-0.25, -0.2) is 0 Å². The van der Waals surface area contributed by atoms with E-state index in [9.17, 15) is 9.59 Å². The van der Waals surface area contributed by atoms with Gasteiger partial charge in [-0.1, -0.05) is 35.9 Å². The number of benzene rings is 2. The number of methoxy groups -OCH3 is 1. The van der Waals surface area contributed by atoms with Crippen LogP contribution in [0.1, 0.15) is 28.8 Å². The largest absolute Gasteiger partial charge is 0.497 e. The normalized spacial score (nSPS) is 14.7. The number of rotatable bonds is 5. The molecule has 1 saturated heterocycles. The standard InChI is InChI=1S/C21H23ClN2O3/c1-27-17-8-6-15(7-9-17)14-20(25)23-16-10-12-24(13-11-16)21(26)18-4-2-3-5-19(18)22/h2-9,16H,10-14H2,1H3,(H,23,25). The van der Waals surface area contributed by atoms with Gasteiger partial charge in [0.2, 0.25) is 5.91 Å². The number of piperidine rings is 1. The number of hydrogen-bond donors (Lipinski definition) is 1. The van der Waals surface area contributed by atoms with Crippen LogP contribution in [-0.2, 0) is 11.2 Å². The summed E-state index contributed by atoms with van der Waals surface area (Å²) in [4.78, 5) is 26.7. The fourth-order valence-electron chi connectivity index (χ4n) is 3.24. The van der Waals surface area contributed by atoms with Crippen molar-refractivity contribution in [1.82, 2.24) is 10.2 Å². The van der Waals surface area contributed by atoms with Crippen LogP contribution in [0.2, 0.25) is 5.02 Å². The molecule has 1 aliphatic heterocycles. The van der Waals surface area contributed by atoms with Crippen LogP contribution in [0.15, 0.2) is 48.5 Å². The molecule has 142 valence electrons. The highest BCUT2D eigenvalue weighted by Crippen LogP contribution is 2.20. The molecule has 1 aliphatic rings. The molecule has 0 unspecified atom stereocenters. The first kappa shape index (κ1) is 19.2. The Morgan fingerprint density at radius 3 is 2.41 bits per heavy atom. The van der Waals surface area contributed by atoms with Crippen molar-refractivity contribution < 1.29 is 14.3 Å². The van der Waals surface area contributed by atoms with Gasteiger partial charge in [0.05, 0.1) is 24.1 Å². The molecular weight excluding hydrogens is 364 g/mol. The summed E-state index contributed by atoms with van der Waals surface area (Å²) in [6.07, 6.45) is 1.82. The van der Waals surface area contributed by atoms with Crippen LogP contribution >= 0.6 is 11.6 Å². The number of halogens is 1. The monoisotopic (exact) mass is 386 g/mol. The molecule has 1 heterocycles. The van der Waals surface area contributed by atoms with E-state index in [0.717, 1.165) is 24.2 Å². The predicted molar refractivity (Wildman–Crippen MR) is 105 cm³/mol. The number of carbonyl (C=O) groups is 2. The lowest BCUT2D eigenvalue weighted by Gasteiger charge is -2.32. The number of likely N-dealkylation sites (tertiary alicyclic amines) is 1. The maximum Gasteiger partial charge on any atom is 0.255 e. The van der Waals surface area contributed by atoms with E-state index in [2.05, 4.69) is 5.32 Å². The van der Waals surface area contributed by atoms with E-state index >= 15 is 0 Å². The van der Waals surface area contributed by atoms with E-state index in [0.29, 0.717) is 30.1 Å². The molecule has 0 aromatic heterocycles. The minimum Gasteiger partial charge on any atom is -0.497 e. The van der Waals surface area contributed by atoms with Crippen molar-refractivity contribution in [2.75, 3.05) is 20.2 Å². The summed E-state index contributed by atoms with van der Waals surface area (Å²) in [5.74, 6) is 0.717. The topological polar surface area (TPSA) is 58.6 Å².